The molecule has 0 N–H and O–H groups in total. The Morgan fingerprint density at radius 1 is 0.192 bits per heavy atom. The summed E-state index contributed by atoms with van der Waals surface area (Å²) in [5.74, 6) is 2.47. The SMILES string of the molecule is CCC[Si](CCC)(CCC)[C](C(C)C)([Cr]([C](C(C)C)([Si](CCC)(CCC)CCC)[Si](CCC)(CCC)CCC)[C](C(C)C)([Si](CCC)(CCC)CCC)[Si](CCC)(CCC)CCC)[Si](CCC)(CCC)CCC. The third-order valence-electron chi connectivity index (χ3n) is 21.2. The molecule has 0 aromatic heterocycles. The van der Waals surface area contributed by atoms with E-state index in [0.717, 1.165) is 17.8 Å². The molecule has 0 aliphatic rings. The minimum atomic E-state index is -2.14. The van der Waals surface area contributed by atoms with Crippen LogP contribution in [0.15, 0.2) is 0 Å². The van der Waals surface area contributed by atoms with Crippen LogP contribution >= 0.6 is 0 Å². The van der Waals surface area contributed by atoms with Crippen molar-refractivity contribution in [2.24, 2.45) is 17.8 Å². The standard InChI is InChI=1S/3C22H49Si2.Cr/c3*1-9-15-23(16-10-2,17-11-3)22(21(7)8)24(18-12-4,19-13-5)20-14-6;/h3*21H,9-20H2,1-8H3;. The quantitative estimate of drug-likeness (QED) is 0.0533. The molecule has 7 heteroatoms. The van der Waals surface area contributed by atoms with Gasteiger partial charge in [-0.2, -0.15) is 0 Å². The molecule has 0 spiro atoms. The van der Waals surface area contributed by atoms with Gasteiger partial charge < -0.3 is 0 Å². The van der Waals surface area contributed by atoms with Crippen molar-refractivity contribution in [2.75, 3.05) is 0 Å². The summed E-state index contributed by atoms with van der Waals surface area (Å²) in [7, 11) is -12.9. The van der Waals surface area contributed by atoms with Gasteiger partial charge in [-0.25, -0.2) is 0 Å². The van der Waals surface area contributed by atoms with E-state index < -0.39 is 62.6 Å². The average Bonchev–Trinajstić information content (AvgIpc) is 3.30. The molecule has 0 saturated carbocycles. The summed E-state index contributed by atoms with van der Waals surface area (Å²) >= 11 is -1.80. The van der Waals surface area contributed by atoms with Gasteiger partial charge in [0.25, 0.3) is 0 Å². The van der Waals surface area contributed by atoms with Crippen molar-refractivity contribution in [2.45, 2.75) is 401 Å². The molecule has 0 nitrogen and oxygen atoms in total. The molecular weight excluding hydrogens is 1010 g/mol. The Bertz CT molecular complexity index is 1030. The first kappa shape index (κ1) is 74.8. The molecule has 0 aliphatic carbocycles. The van der Waals surface area contributed by atoms with Crippen LogP contribution in [0.5, 0.6) is 0 Å². The molecule has 0 amide bonds. The van der Waals surface area contributed by atoms with Gasteiger partial charge in [-0.05, 0) is 0 Å². The van der Waals surface area contributed by atoms with Crippen LogP contribution in [0.2, 0.25) is 119 Å². The fraction of sp³-hybridized carbons (Fsp3) is 1.00. The van der Waals surface area contributed by atoms with Gasteiger partial charge in [0.2, 0.25) is 0 Å². The van der Waals surface area contributed by atoms with Crippen molar-refractivity contribution in [3.8, 4) is 0 Å². The Balaban J connectivity index is 13.2. The summed E-state index contributed by atoms with van der Waals surface area (Å²) < 4.78 is 1.88. The molecule has 73 heavy (non-hydrogen) atoms. The summed E-state index contributed by atoms with van der Waals surface area (Å²) in [4.78, 5) is 0. The van der Waals surface area contributed by atoms with E-state index in [9.17, 15) is 0 Å². The van der Waals surface area contributed by atoms with Crippen LogP contribution in [0, 0.1) is 17.8 Å². The third-order valence-corrected chi connectivity index (χ3v) is 92.4. The molecule has 0 aliphatic heterocycles. The summed E-state index contributed by atoms with van der Waals surface area (Å²) in [6, 6.07) is 30.0. The average molecular weight is 1160 g/mol. The summed E-state index contributed by atoms with van der Waals surface area (Å²) in [6.45, 7) is 68.7. The van der Waals surface area contributed by atoms with E-state index in [1.165, 1.54) is 116 Å². The predicted octanol–water partition coefficient (Wildman–Crippen LogP) is 26.4. The minimum absolute atomic E-state index is 0.625. The number of hydrogen-bond acceptors (Lipinski definition) is 0. The van der Waals surface area contributed by atoms with Gasteiger partial charge in [0.05, 0.1) is 0 Å². The molecule has 0 fully saturated rings. The number of rotatable bonds is 48. The van der Waals surface area contributed by atoms with E-state index in [2.05, 4.69) is 166 Å². The van der Waals surface area contributed by atoms with Gasteiger partial charge in [-0.15, -0.1) is 0 Å². The maximum atomic E-state index is 3.15. The van der Waals surface area contributed by atoms with Crippen LogP contribution < -0.4 is 0 Å². The predicted molar refractivity (Wildman–Crippen MR) is 359 cm³/mol. The van der Waals surface area contributed by atoms with E-state index in [1.54, 1.807) is 109 Å². The van der Waals surface area contributed by atoms with E-state index in [4.69, 9.17) is 0 Å². The molecule has 0 heterocycles. The van der Waals surface area contributed by atoms with Gasteiger partial charge in [-0.1, -0.05) is 0 Å². The second kappa shape index (κ2) is 36.3. The molecule has 0 atom stereocenters. The van der Waals surface area contributed by atoms with Gasteiger partial charge in [0, 0.05) is 0 Å². The first-order valence-corrected chi connectivity index (χ1v) is 52.2. The van der Waals surface area contributed by atoms with E-state index in [1.807, 2.05) is 0 Å². The van der Waals surface area contributed by atoms with Gasteiger partial charge in [0.15, 0.2) is 0 Å². The monoisotopic (exact) mass is 1160 g/mol. The van der Waals surface area contributed by atoms with Gasteiger partial charge >= 0.3 is 481 Å². The van der Waals surface area contributed by atoms with Crippen LogP contribution in [0.3, 0.4) is 0 Å². The Morgan fingerprint density at radius 2 is 0.274 bits per heavy atom. The summed E-state index contributed by atoms with van der Waals surface area (Å²) in [5, 5.41) is 0. The zero-order chi connectivity index (χ0) is 56.3. The molecule has 0 radical (unpaired) electrons. The fourth-order valence-corrected chi connectivity index (χ4v) is 119. The molecule has 0 unspecified atom stereocenters. The molecular formula is C66H147CrSi6. The Labute approximate surface area is 477 Å². The van der Waals surface area contributed by atoms with Crippen molar-refractivity contribution in [1.29, 1.82) is 0 Å². The van der Waals surface area contributed by atoms with Crippen molar-refractivity contribution < 1.29 is 14.1 Å². The van der Waals surface area contributed by atoms with E-state index in [0.29, 0.717) is 10.6 Å². The molecule has 0 aromatic rings. The van der Waals surface area contributed by atoms with Gasteiger partial charge in [0.1, 0.15) is 0 Å². The molecule has 0 rings (SSSR count). The second-order valence-corrected chi connectivity index (χ2v) is 65.3. The van der Waals surface area contributed by atoms with Crippen molar-refractivity contribution in [3.63, 3.8) is 0 Å². The van der Waals surface area contributed by atoms with Crippen molar-refractivity contribution in [3.05, 3.63) is 0 Å². The summed E-state index contributed by atoms with van der Waals surface area (Å²) in [6.07, 6.45) is 26.3. The van der Waals surface area contributed by atoms with Crippen LogP contribution in [-0.4, -0.2) is 48.4 Å². The normalized spacial score (nSPS) is 14.3. The third kappa shape index (κ3) is 14.2. The molecule has 0 saturated heterocycles. The Morgan fingerprint density at radius 3 is 0.329 bits per heavy atom. The first-order chi connectivity index (χ1) is 34.8. The van der Waals surface area contributed by atoms with Crippen molar-refractivity contribution in [1.82, 2.24) is 0 Å². The zero-order valence-corrected chi connectivity index (χ0v) is 63.4. The Kier molecular flexibility index (Phi) is 37.2. The van der Waals surface area contributed by atoms with E-state index in [-0.39, 0.29) is 0 Å². The van der Waals surface area contributed by atoms with Crippen LogP contribution in [0.4, 0.5) is 0 Å². The topological polar surface area (TPSA) is 0 Å². The number of hydrogen-bond donors (Lipinski definition) is 0. The molecule has 0 aromatic carbocycles. The molecule has 441 valence electrons. The maximum absolute atomic E-state index is 3.15. The first-order valence-electron chi connectivity index (χ1n) is 34.5. The van der Waals surface area contributed by atoms with E-state index >= 15 is 0 Å². The fourth-order valence-electron chi connectivity index (χ4n) is 22.3. The second-order valence-electron chi connectivity index (χ2n) is 27.2. The van der Waals surface area contributed by atoms with Crippen molar-refractivity contribution >= 4 is 48.4 Å². The Hall–Kier alpha value is 1.83. The zero-order valence-electron chi connectivity index (χ0n) is 56.1. The van der Waals surface area contributed by atoms with Crippen LogP contribution in [0.25, 0.3) is 0 Å². The van der Waals surface area contributed by atoms with Gasteiger partial charge in [-0.3, -0.25) is 0 Å². The summed E-state index contributed by atoms with van der Waals surface area (Å²) in [5.41, 5.74) is 0. The van der Waals surface area contributed by atoms with Crippen LogP contribution in [0.1, 0.15) is 282 Å². The van der Waals surface area contributed by atoms with Crippen LogP contribution in [-0.2, 0) is 14.1 Å². The molecule has 0 bridgehead atoms.